The van der Waals surface area contributed by atoms with Crippen molar-refractivity contribution in [3.05, 3.63) is 47.3 Å². The van der Waals surface area contributed by atoms with Gasteiger partial charge in [0.1, 0.15) is 0 Å². The maximum Gasteiger partial charge on any atom is 0.228 e. The molecule has 4 nitrogen and oxygen atoms in total. The molecular formula is C22H26N2O2S. The van der Waals surface area contributed by atoms with Crippen molar-refractivity contribution in [1.29, 1.82) is 0 Å². The van der Waals surface area contributed by atoms with Gasteiger partial charge in [0.2, 0.25) is 11.8 Å². The van der Waals surface area contributed by atoms with Crippen molar-refractivity contribution in [2.75, 3.05) is 20.1 Å². The summed E-state index contributed by atoms with van der Waals surface area (Å²) in [7, 11) is 1.70. The predicted octanol–water partition coefficient (Wildman–Crippen LogP) is 3.72. The molecule has 142 valence electrons. The fourth-order valence-corrected chi connectivity index (χ4v) is 4.98. The van der Waals surface area contributed by atoms with Gasteiger partial charge >= 0.3 is 0 Å². The van der Waals surface area contributed by atoms with E-state index in [0.29, 0.717) is 13.0 Å². The zero-order valence-corrected chi connectivity index (χ0v) is 16.6. The summed E-state index contributed by atoms with van der Waals surface area (Å²) < 4.78 is 0. The molecule has 4 rings (SSSR count). The Morgan fingerprint density at radius 1 is 1.26 bits per heavy atom. The predicted molar refractivity (Wildman–Crippen MR) is 108 cm³/mol. The molecule has 0 radical (unpaired) electrons. The molecule has 5 heteroatoms. The molecule has 1 aromatic heterocycles. The topological polar surface area (TPSA) is 49.4 Å². The largest absolute Gasteiger partial charge is 0.359 e. The van der Waals surface area contributed by atoms with Crippen molar-refractivity contribution in [2.45, 2.75) is 32.1 Å². The Balaban J connectivity index is 1.60. The van der Waals surface area contributed by atoms with Crippen LogP contribution in [0.1, 0.15) is 31.2 Å². The molecule has 1 aliphatic carbocycles. The average molecular weight is 383 g/mol. The highest BCUT2D eigenvalue weighted by atomic mass is 32.1. The zero-order valence-electron chi connectivity index (χ0n) is 15.7. The van der Waals surface area contributed by atoms with Crippen LogP contribution in [0, 0.1) is 11.3 Å². The van der Waals surface area contributed by atoms with Gasteiger partial charge in [-0.3, -0.25) is 9.59 Å². The molecule has 1 N–H and O–H groups in total. The quantitative estimate of drug-likeness (QED) is 0.857. The number of hydrogen-bond donors (Lipinski definition) is 1. The molecule has 1 atom stereocenters. The minimum atomic E-state index is -0.536. The maximum atomic E-state index is 12.9. The third kappa shape index (κ3) is 3.79. The summed E-state index contributed by atoms with van der Waals surface area (Å²) in [5.74, 6) is 0.500. The van der Waals surface area contributed by atoms with E-state index < -0.39 is 5.41 Å². The molecule has 2 aromatic rings. The number of thiophene rings is 1. The van der Waals surface area contributed by atoms with Gasteiger partial charge < -0.3 is 10.2 Å². The highest BCUT2D eigenvalue weighted by molar-refractivity contribution is 7.13. The Morgan fingerprint density at radius 3 is 2.81 bits per heavy atom. The van der Waals surface area contributed by atoms with Crippen molar-refractivity contribution >= 4 is 23.2 Å². The van der Waals surface area contributed by atoms with E-state index in [1.54, 1.807) is 18.4 Å². The number of benzene rings is 1. The molecule has 1 aromatic carbocycles. The van der Waals surface area contributed by atoms with Crippen molar-refractivity contribution in [1.82, 2.24) is 10.2 Å². The van der Waals surface area contributed by atoms with Crippen LogP contribution in [0.15, 0.2) is 41.8 Å². The minimum absolute atomic E-state index is 0.0531. The lowest BCUT2D eigenvalue weighted by Gasteiger charge is -2.42. The highest BCUT2D eigenvalue weighted by Gasteiger charge is 2.45. The third-order valence-electron chi connectivity index (χ3n) is 5.80. The molecule has 2 amide bonds. The van der Waals surface area contributed by atoms with E-state index in [2.05, 4.69) is 47.1 Å². The van der Waals surface area contributed by atoms with E-state index in [9.17, 15) is 9.59 Å². The van der Waals surface area contributed by atoms with Gasteiger partial charge in [-0.05, 0) is 54.7 Å². The Morgan fingerprint density at radius 2 is 2.11 bits per heavy atom. The van der Waals surface area contributed by atoms with Gasteiger partial charge in [-0.2, -0.15) is 0 Å². The van der Waals surface area contributed by atoms with Crippen molar-refractivity contribution < 1.29 is 9.59 Å². The monoisotopic (exact) mass is 382 g/mol. The zero-order chi connectivity index (χ0) is 18.9. The van der Waals surface area contributed by atoms with Crippen LogP contribution in [-0.4, -0.2) is 36.9 Å². The van der Waals surface area contributed by atoms with Crippen LogP contribution < -0.4 is 5.32 Å². The normalized spacial score (nSPS) is 22.5. The number of nitrogens with zero attached hydrogens (tertiary/aromatic N) is 1. The number of rotatable bonds is 5. The standard InChI is InChI=1S/C22H26N2O2S/c1-23-21(26)22(10-4-11-24(15-22)20(25)17-8-9-17)14-16-5-2-6-18(13-16)19-7-3-12-27-19/h2-3,5-7,12-13,17H,4,8-11,14-15H2,1H3,(H,23,26)/t22-/m0/s1. The van der Waals surface area contributed by atoms with E-state index in [-0.39, 0.29) is 17.7 Å². The molecule has 0 spiro atoms. The Kier molecular flexibility index (Phi) is 5.04. The number of piperidine rings is 1. The summed E-state index contributed by atoms with van der Waals surface area (Å²) in [4.78, 5) is 28.7. The summed E-state index contributed by atoms with van der Waals surface area (Å²) in [5, 5.41) is 4.95. The Bertz CT molecular complexity index is 829. The number of amides is 2. The van der Waals surface area contributed by atoms with Crippen LogP contribution >= 0.6 is 11.3 Å². The van der Waals surface area contributed by atoms with Crippen LogP contribution in [0.4, 0.5) is 0 Å². The molecule has 2 aliphatic rings. The first kappa shape index (κ1) is 18.2. The van der Waals surface area contributed by atoms with E-state index >= 15 is 0 Å². The van der Waals surface area contributed by atoms with Gasteiger partial charge in [-0.15, -0.1) is 11.3 Å². The smallest absolute Gasteiger partial charge is 0.228 e. The van der Waals surface area contributed by atoms with Crippen LogP contribution in [0.2, 0.25) is 0 Å². The summed E-state index contributed by atoms with van der Waals surface area (Å²) in [6.45, 7) is 1.31. The molecule has 1 saturated carbocycles. The first-order chi connectivity index (χ1) is 13.1. The number of carbonyl (C=O) groups is 2. The number of hydrogen-bond acceptors (Lipinski definition) is 3. The summed E-state index contributed by atoms with van der Waals surface area (Å²) in [6.07, 6.45) is 4.39. The third-order valence-corrected chi connectivity index (χ3v) is 6.72. The first-order valence-corrected chi connectivity index (χ1v) is 10.6. The molecule has 27 heavy (non-hydrogen) atoms. The lowest BCUT2D eigenvalue weighted by atomic mass is 9.74. The summed E-state index contributed by atoms with van der Waals surface area (Å²) >= 11 is 1.72. The summed E-state index contributed by atoms with van der Waals surface area (Å²) in [6, 6.07) is 12.7. The highest BCUT2D eigenvalue weighted by Crippen LogP contribution is 2.38. The molecule has 2 heterocycles. The van der Waals surface area contributed by atoms with E-state index in [4.69, 9.17) is 0 Å². The second-order valence-electron chi connectivity index (χ2n) is 7.85. The van der Waals surface area contributed by atoms with Gasteiger partial charge in [0.25, 0.3) is 0 Å². The lowest BCUT2D eigenvalue weighted by molar-refractivity contribution is -0.142. The van der Waals surface area contributed by atoms with Crippen LogP contribution in [0.3, 0.4) is 0 Å². The number of nitrogens with one attached hydrogen (secondary N) is 1. The molecule has 0 unspecified atom stereocenters. The maximum absolute atomic E-state index is 12.9. The van der Waals surface area contributed by atoms with Gasteiger partial charge in [0.15, 0.2) is 0 Å². The van der Waals surface area contributed by atoms with Gasteiger partial charge in [0, 0.05) is 30.9 Å². The van der Waals surface area contributed by atoms with E-state index in [1.165, 1.54) is 10.4 Å². The lowest BCUT2D eigenvalue weighted by Crippen LogP contribution is -2.54. The minimum Gasteiger partial charge on any atom is -0.359 e. The van der Waals surface area contributed by atoms with Crippen molar-refractivity contribution in [3.8, 4) is 10.4 Å². The fraction of sp³-hybridized carbons (Fsp3) is 0.455. The average Bonchev–Trinajstić information content (AvgIpc) is 3.40. The van der Waals surface area contributed by atoms with Gasteiger partial charge in [-0.25, -0.2) is 0 Å². The van der Waals surface area contributed by atoms with Crippen molar-refractivity contribution in [3.63, 3.8) is 0 Å². The fourth-order valence-electron chi connectivity index (χ4n) is 4.25. The second kappa shape index (κ2) is 7.47. The van der Waals surface area contributed by atoms with Gasteiger partial charge in [-0.1, -0.05) is 30.3 Å². The first-order valence-electron chi connectivity index (χ1n) is 9.75. The molecule has 1 saturated heterocycles. The summed E-state index contributed by atoms with van der Waals surface area (Å²) in [5.41, 5.74) is 1.81. The molecule has 2 fully saturated rings. The Labute approximate surface area is 164 Å². The van der Waals surface area contributed by atoms with Crippen LogP contribution in [0.5, 0.6) is 0 Å². The number of carbonyl (C=O) groups excluding carboxylic acids is 2. The van der Waals surface area contributed by atoms with Gasteiger partial charge in [0.05, 0.1) is 5.41 Å². The number of likely N-dealkylation sites (tertiary alicyclic amines) is 1. The SMILES string of the molecule is CNC(=O)[C@]1(Cc2cccc(-c3cccs3)c2)CCCN(C(=O)C2CC2)C1. The van der Waals surface area contributed by atoms with Crippen molar-refractivity contribution in [2.24, 2.45) is 11.3 Å². The van der Waals surface area contributed by atoms with Crippen LogP contribution in [-0.2, 0) is 16.0 Å². The molecule has 0 bridgehead atoms. The van der Waals surface area contributed by atoms with E-state index in [0.717, 1.165) is 37.8 Å². The molecular weight excluding hydrogens is 356 g/mol. The molecule has 1 aliphatic heterocycles. The van der Waals surface area contributed by atoms with Crippen LogP contribution in [0.25, 0.3) is 10.4 Å². The van der Waals surface area contributed by atoms with E-state index in [1.807, 2.05) is 4.90 Å². The Hall–Kier alpha value is -2.14. The second-order valence-corrected chi connectivity index (χ2v) is 8.80.